The van der Waals surface area contributed by atoms with Crippen LogP contribution < -0.4 is 15.5 Å². The van der Waals surface area contributed by atoms with Crippen LogP contribution in [0.25, 0.3) is 0 Å². The fourth-order valence-electron chi connectivity index (χ4n) is 3.01. The molecule has 8 nitrogen and oxygen atoms in total. The molecule has 0 atom stereocenters. The summed E-state index contributed by atoms with van der Waals surface area (Å²) < 4.78 is 5.54. The maximum Gasteiger partial charge on any atom is 0.323 e. The van der Waals surface area contributed by atoms with Crippen LogP contribution in [0.1, 0.15) is 11.1 Å². The molecule has 4 aromatic rings. The van der Waals surface area contributed by atoms with E-state index in [1.54, 1.807) is 42.9 Å². The van der Waals surface area contributed by atoms with Crippen molar-refractivity contribution in [1.29, 1.82) is 5.26 Å². The van der Waals surface area contributed by atoms with Gasteiger partial charge in [0.25, 0.3) is 0 Å². The molecule has 2 N–H and O–H groups in total. The highest BCUT2D eigenvalue weighted by Gasteiger charge is 2.19. The molecule has 2 heterocycles. The van der Waals surface area contributed by atoms with Gasteiger partial charge in [-0.05, 0) is 61.0 Å². The normalized spacial score (nSPS) is 10.2. The summed E-state index contributed by atoms with van der Waals surface area (Å²) in [5.41, 5.74) is 4.21. The van der Waals surface area contributed by atoms with E-state index in [1.807, 2.05) is 48.2 Å². The zero-order chi connectivity index (χ0) is 21.6. The SMILES string of the molecule is Cc1ccc(NC(=O)Nc2ccc(C#N)cc2)cc1N(c1cccnc1)c1ncco1. The molecule has 4 rings (SSSR count). The largest absolute Gasteiger partial charge is 0.432 e. The molecule has 0 aliphatic carbocycles. The Hall–Kier alpha value is -4.64. The number of carbonyl (C=O) groups excluding carboxylic acids is 1. The van der Waals surface area contributed by atoms with E-state index >= 15 is 0 Å². The fourth-order valence-corrected chi connectivity index (χ4v) is 3.01. The fraction of sp³-hybridized carbons (Fsp3) is 0.0435. The predicted molar refractivity (Wildman–Crippen MR) is 118 cm³/mol. The third kappa shape index (κ3) is 4.52. The van der Waals surface area contributed by atoms with Gasteiger partial charge >= 0.3 is 12.0 Å². The molecule has 0 unspecified atom stereocenters. The number of nitrogens with one attached hydrogen (secondary N) is 2. The third-order valence-corrected chi connectivity index (χ3v) is 4.49. The highest BCUT2D eigenvalue weighted by molar-refractivity contribution is 6.00. The lowest BCUT2D eigenvalue weighted by atomic mass is 10.1. The van der Waals surface area contributed by atoms with E-state index in [-0.39, 0.29) is 0 Å². The topological polar surface area (TPSA) is 107 Å². The van der Waals surface area contributed by atoms with Gasteiger partial charge in [0, 0.05) is 17.6 Å². The molecule has 31 heavy (non-hydrogen) atoms. The molecule has 0 aliphatic heterocycles. The molecule has 8 heteroatoms. The van der Waals surface area contributed by atoms with Crippen molar-refractivity contribution in [3.05, 3.63) is 90.6 Å². The summed E-state index contributed by atoms with van der Waals surface area (Å²) in [5.74, 6) is 0. The van der Waals surface area contributed by atoms with Crippen LogP contribution in [0.3, 0.4) is 0 Å². The number of anilines is 5. The van der Waals surface area contributed by atoms with Crippen molar-refractivity contribution in [2.45, 2.75) is 6.92 Å². The number of oxazole rings is 1. The molecule has 0 spiro atoms. The lowest BCUT2D eigenvalue weighted by molar-refractivity contribution is 0.262. The van der Waals surface area contributed by atoms with Crippen LogP contribution in [0, 0.1) is 18.3 Å². The summed E-state index contributed by atoms with van der Waals surface area (Å²) in [5, 5.41) is 14.5. The van der Waals surface area contributed by atoms with Crippen LogP contribution in [-0.2, 0) is 0 Å². The van der Waals surface area contributed by atoms with Crippen molar-refractivity contribution in [2.75, 3.05) is 15.5 Å². The number of aromatic nitrogens is 2. The van der Waals surface area contributed by atoms with Crippen molar-refractivity contribution in [2.24, 2.45) is 0 Å². The number of benzene rings is 2. The van der Waals surface area contributed by atoms with Gasteiger partial charge in [-0.25, -0.2) is 9.78 Å². The van der Waals surface area contributed by atoms with Crippen molar-refractivity contribution >= 4 is 34.8 Å². The Morgan fingerprint density at radius 1 is 1.06 bits per heavy atom. The molecule has 0 radical (unpaired) electrons. The highest BCUT2D eigenvalue weighted by Crippen LogP contribution is 2.36. The first-order valence-corrected chi connectivity index (χ1v) is 9.42. The minimum absolute atomic E-state index is 0.385. The summed E-state index contributed by atoms with van der Waals surface area (Å²) in [7, 11) is 0. The average Bonchev–Trinajstić information content (AvgIpc) is 3.32. The number of amides is 2. The minimum atomic E-state index is -0.399. The quantitative estimate of drug-likeness (QED) is 0.458. The van der Waals surface area contributed by atoms with E-state index in [1.165, 1.54) is 6.26 Å². The van der Waals surface area contributed by atoms with Gasteiger partial charge in [0.15, 0.2) is 0 Å². The first kappa shape index (κ1) is 19.7. The Morgan fingerprint density at radius 3 is 2.52 bits per heavy atom. The van der Waals surface area contributed by atoms with E-state index in [4.69, 9.17) is 9.68 Å². The monoisotopic (exact) mass is 410 g/mol. The summed E-state index contributed by atoms with van der Waals surface area (Å²) in [6.45, 7) is 1.96. The van der Waals surface area contributed by atoms with E-state index in [2.05, 4.69) is 20.6 Å². The van der Waals surface area contributed by atoms with Gasteiger partial charge in [0.1, 0.15) is 6.26 Å². The molecule has 2 amide bonds. The molecule has 2 aromatic carbocycles. The summed E-state index contributed by atoms with van der Waals surface area (Å²) >= 11 is 0. The summed E-state index contributed by atoms with van der Waals surface area (Å²) in [6.07, 6.45) is 6.47. The van der Waals surface area contributed by atoms with Crippen molar-refractivity contribution < 1.29 is 9.21 Å². The van der Waals surface area contributed by atoms with Gasteiger partial charge < -0.3 is 15.1 Å². The summed E-state index contributed by atoms with van der Waals surface area (Å²) in [4.78, 5) is 22.8. The number of urea groups is 1. The van der Waals surface area contributed by atoms with E-state index < -0.39 is 6.03 Å². The zero-order valence-corrected chi connectivity index (χ0v) is 16.6. The van der Waals surface area contributed by atoms with Crippen molar-refractivity contribution in [1.82, 2.24) is 9.97 Å². The second-order valence-corrected chi connectivity index (χ2v) is 6.63. The van der Waals surface area contributed by atoms with E-state index in [9.17, 15) is 4.79 Å². The van der Waals surface area contributed by atoms with Gasteiger partial charge in [-0.2, -0.15) is 5.26 Å². The van der Waals surface area contributed by atoms with E-state index in [0.29, 0.717) is 23.0 Å². The standard InChI is InChI=1S/C23H18N6O2/c1-16-4-7-19(28-22(30)27-18-8-5-17(14-24)6-9-18)13-21(16)29(23-26-11-12-31-23)20-3-2-10-25-15-20/h2-13,15H,1H3,(H2,27,28,30). The van der Waals surface area contributed by atoms with Crippen LogP contribution in [0.15, 0.2) is 83.9 Å². The Bertz CT molecular complexity index is 1220. The number of aryl methyl sites for hydroxylation is 1. The molecule has 0 saturated carbocycles. The second-order valence-electron chi connectivity index (χ2n) is 6.63. The van der Waals surface area contributed by atoms with Crippen molar-refractivity contribution in [3.63, 3.8) is 0 Å². The van der Waals surface area contributed by atoms with E-state index in [0.717, 1.165) is 16.9 Å². The minimum Gasteiger partial charge on any atom is -0.432 e. The highest BCUT2D eigenvalue weighted by atomic mass is 16.4. The molecule has 152 valence electrons. The molecule has 0 aliphatic rings. The Morgan fingerprint density at radius 2 is 1.84 bits per heavy atom. The number of pyridine rings is 1. The van der Waals surface area contributed by atoms with Crippen LogP contribution in [0.5, 0.6) is 0 Å². The van der Waals surface area contributed by atoms with Gasteiger partial charge in [0.05, 0.1) is 35.4 Å². The molecule has 2 aromatic heterocycles. The van der Waals surface area contributed by atoms with Gasteiger partial charge in [-0.1, -0.05) is 6.07 Å². The molecular formula is C23H18N6O2. The van der Waals surface area contributed by atoms with Crippen LogP contribution in [0.4, 0.5) is 33.6 Å². The average molecular weight is 410 g/mol. The molecule has 0 bridgehead atoms. The van der Waals surface area contributed by atoms with Gasteiger partial charge in [-0.3, -0.25) is 9.88 Å². The number of hydrogen-bond acceptors (Lipinski definition) is 6. The maximum absolute atomic E-state index is 12.5. The Kier molecular flexibility index (Phi) is 5.58. The number of rotatable bonds is 5. The lowest BCUT2D eigenvalue weighted by Gasteiger charge is -2.23. The maximum atomic E-state index is 12.5. The van der Waals surface area contributed by atoms with Crippen LogP contribution in [0.2, 0.25) is 0 Å². The molecule has 0 fully saturated rings. The first-order valence-electron chi connectivity index (χ1n) is 9.42. The first-order chi connectivity index (χ1) is 15.1. The second kappa shape index (κ2) is 8.80. The number of nitrogens with zero attached hydrogens (tertiary/aromatic N) is 4. The Balaban J connectivity index is 1.60. The van der Waals surface area contributed by atoms with Gasteiger partial charge in [-0.15, -0.1) is 0 Å². The van der Waals surface area contributed by atoms with Crippen LogP contribution in [-0.4, -0.2) is 16.0 Å². The van der Waals surface area contributed by atoms with Crippen molar-refractivity contribution in [3.8, 4) is 6.07 Å². The number of nitriles is 1. The summed E-state index contributed by atoms with van der Waals surface area (Å²) in [6, 6.07) is 17.9. The number of hydrogen-bond donors (Lipinski definition) is 2. The third-order valence-electron chi connectivity index (χ3n) is 4.49. The van der Waals surface area contributed by atoms with Crippen LogP contribution >= 0.6 is 0 Å². The number of carbonyl (C=O) groups is 1. The molecule has 0 saturated heterocycles. The predicted octanol–water partition coefficient (Wildman–Crippen LogP) is 5.36. The molecular weight excluding hydrogens is 392 g/mol. The van der Waals surface area contributed by atoms with Gasteiger partial charge in [0.2, 0.25) is 0 Å². The zero-order valence-electron chi connectivity index (χ0n) is 16.6. The Labute approximate surface area is 178 Å². The smallest absolute Gasteiger partial charge is 0.323 e. The lowest BCUT2D eigenvalue weighted by Crippen LogP contribution is -2.20.